The molecule has 0 atom stereocenters. The van der Waals surface area contributed by atoms with E-state index in [1.165, 1.54) is 50.6 Å². The average molecular weight is 372 g/mol. The molecule has 1 aromatic heterocycles. The third-order valence-electron chi connectivity index (χ3n) is 6.59. The SMILES string of the molecule is Cc1ccc2c3c1N1B(c4ccc[n+](c4-3)C2)N(c2ccccc2)c2ccccc21. The van der Waals surface area contributed by atoms with E-state index >= 15 is 0 Å². The molecule has 0 radical (unpaired) electrons. The lowest BCUT2D eigenvalue weighted by Crippen LogP contribution is -2.58. The first kappa shape index (κ1) is 15.4. The summed E-state index contributed by atoms with van der Waals surface area (Å²) < 4.78 is 2.42. The summed E-state index contributed by atoms with van der Waals surface area (Å²) in [6.07, 6.45) is 2.22. The van der Waals surface area contributed by atoms with Crippen molar-refractivity contribution in [1.29, 1.82) is 0 Å². The second-order valence-corrected chi connectivity index (χ2v) is 8.14. The lowest BCUT2D eigenvalue weighted by Gasteiger charge is -2.34. The van der Waals surface area contributed by atoms with E-state index in [0.29, 0.717) is 0 Å². The van der Waals surface area contributed by atoms with Crippen LogP contribution in [0.5, 0.6) is 0 Å². The molecule has 0 fully saturated rings. The molecular weight excluding hydrogens is 353 g/mol. The molecule has 4 heterocycles. The lowest BCUT2D eigenvalue weighted by atomic mass is 9.60. The number of hydrogen-bond donors (Lipinski definition) is 0. The van der Waals surface area contributed by atoms with E-state index in [0.717, 1.165) is 6.54 Å². The van der Waals surface area contributed by atoms with Gasteiger partial charge in [-0.3, -0.25) is 0 Å². The average Bonchev–Trinajstić information content (AvgIpc) is 3.31. The maximum Gasteiger partial charge on any atom is 0.427 e. The van der Waals surface area contributed by atoms with Gasteiger partial charge in [0.05, 0.1) is 16.9 Å². The van der Waals surface area contributed by atoms with E-state index in [1.807, 2.05) is 0 Å². The van der Waals surface area contributed by atoms with E-state index in [-0.39, 0.29) is 6.98 Å². The fraction of sp³-hybridized carbons (Fsp3) is 0.0800. The summed E-state index contributed by atoms with van der Waals surface area (Å²) in [7, 11) is 0. The van der Waals surface area contributed by atoms with Crippen LogP contribution < -0.4 is 19.7 Å². The summed E-state index contributed by atoms with van der Waals surface area (Å²) in [5.74, 6) is 0. The van der Waals surface area contributed by atoms with Crippen molar-refractivity contribution in [1.82, 2.24) is 0 Å². The second-order valence-electron chi connectivity index (χ2n) is 8.14. The van der Waals surface area contributed by atoms with Crippen molar-refractivity contribution in [3.05, 3.63) is 96.2 Å². The normalized spacial score (nSPS) is 14.7. The Bertz CT molecular complexity index is 1320. The van der Waals surface area contributed by atoms with E-state index in [9.17, 15) is 0 Å². The molecule has 0 bridgehead atoms. The summed E-state index contributed by atoms with van der Waals surface area (Å²) in [6.45, 7) is 3.33. The zero-order valence-electron chi connectivity index (χ0n) is 16.2. The molecule has 3 aliphatic rings. The van der Waals surface area contributed by atoms with Crippen molar-refractivity contribution >= 4 is 35.2 Å². The Morgan fingerprint density at radius 2 is 1.55 bits per heavy atom. The van der Waals surface area contributed by atoms with Gasteiger partial charge in [-0.1, -0.05) is 48.5 Å². The van der Waals surface area contributed by atoms with Crippen LogP contribution in [0.3, 0.4) is 0 Å². The predicted octanol–water partition coefficient (Wildman–Crippen LogP) is 4.31. The van der Waals surface area contributed by atoms with Crippen molar-refractivity contribution in [3.8, 4) is 11.3 Å². The first-order valence-corrected chi connectivity index (χ1v) is 10.2. The zero-order chi connectivity index (χ0) is 19.1. The summed E-state index contributed by atoms with van der Waals surface area (Å²) in [5.41, 5.74) is 12.1. The molecule has 3 nitrogen and oxygen atoms in total. The van der Waals surface area contributed by atoms with Gasteiger partial charge < -0.3 is 9.62 Å². The standard InChI is InChI=1S/C25H19BN3/c1-17-13-14-18-16-27-15-7-10-20-25(27)23(18)24(17)29-22-12-6-5-11-21(22)28(26(20)29)19-8-3-2-4-9-19/h2-15H,16H2,1H3/q+1. The molecule has 3 aromatic carbocycles. The molecule has 0 unspecified atom stereocenters. The van der Waals surface area contributed by atoms with Crippen LogP contribution in [0.1, 0.15) is 11.1 Å². The largest absolute Gasteiger partial charge is 0.427 e. The van der Waals surface area contributed by atoms with Crippen molar-refractivity contribution < 1.29 is 4.57 Å². The van der Waals surface area contributed by atoms with Gasteiger partial charge in [0.2, 0.25) is 5.69 Å². The first-order valence-electron chi connectivity index (χ1n) is 10.2. The molecule has 7 rings (SSSR count). The van der Waals surface area contributed by atoms with Crippen LogP contribution >= 0.6 is 0 Å². The molecule has 4 heteroatoms. The molecule has 0 N–H and O–H groups in total. The number of rotatable bonds is 1. The van der Waals surface area contributed by atoms with E-state index in [1.54, 1.807) is 0 Å². The van der Waals surface area contributed by atoms with Crippen molar-refractivity contribution in [2.45, 2.75) is 13.5 Å². The molecule has 0 saturated carbocycles. The number of pyridine rings is 1. The monoisotopic (exact) mass is 372 g/mol. The molecule has 29 heavy (non-hydrogen) atoms. The second kappa shape index (κ2) is 5.29. The number of fused-ring (bicyclic) bond motifs is 5. The Kier molecular flexibility index (Phi) is 2.81. The molecule has 4 aromatic rings. The van der Waals surface area contributed by atoms with Crippen LogP contribution in [0.25, 0.3) is 11.3 Å². The Morgan fingerprint density at radius 1 is 0.793 bits per heavy atom. The van der Waals surface area contributed by atoms with Gasteiger partial charge in [-0.25, -0.2) is 0 Å². The first-order chi connectivity index (χ1) is 14.3. The highest BCUT2D eigenvalue weighted by Crippen LogP contribution is 2.52. The van der Waals surface area contributed by atoms with Gasteiger partial charge in [-0.05, 0) is 36.8 Å². The molecule has 0 amide bonds. The van der Waals surface area contributed by atoms with Crippen LogP contribution in [0.4, 0.5) is 22.7 Å². The third-order valence-corrected chi connectivity index (χ3v) is 6.59. The molecule has 0 aliphatic carbocycles. The number of aryl methyl sites for hydroxylation is 1. The van der Waals surface area contributed by atoms with Crippen LogP contribution in [0.2, 0.25) is 0 Å². The number of para-hydroxylation sites is 3. The highest BCUT2D eigenvalue weighted by molar-refractivity contribution is 6.86. The van der Waals surface area contributed by atoms with Gasteiger partial charge in [-0.2, -0.15) is 4.57 Å². The maximum absolute atomic E-state index is 2.56. The smallest absolute Gasteiger partial charge is 0.360 e. The summed E-state index contributed by atoms with van der Waals surface area (Å²) in [4.78, 5) is 5.06. The van der Waals surface area contributed by atoms with Gasteiger partial charge >= 0.3 is 6.98 Å². The van der Waals surface area contributed by atoms with Gasteiger partial charge in [0.1, 0.15) is 0 Å². The fourth-order valence-electron chi connectivity index (χ4n) is 5.47. The number of benzene rings is 3. The maximum atomic E-state index is 2.56. The van der Waals surface area contributed by atoms with E-state index in [2.05, 4.69) is 106 Å². The quantitative estimate of drug-likeness (QED) is 0.321. The zero-order valence-corrected chi connectivity index (χ0v) is 16.2. The minimum atomic E-state index is 0.122. The van der Waals surface area contributed by atoms with Gasteiger partial charge in [-0.15, -0.1) is 0 Å². The Labute approximate surface area is 170 Å². The third kappa shape index (κ3) is 1.82. The Balaban J connectivity index is 1.62. The van der Waals surface area contributed by atoms with Crippen molar-refractivity contribution in [2.75, 3.05) is 9.62 Å². The molecular formula is C25H19BN3+. The number of nitrogens with zero attached hydrogens (tertiary/aromatic N) is 3. The minimum Gasteiger partial charge on any atom is -0.360 e. The van der Waals surface area contributed by atoms with Gasteiger partial charge in [0, 0.05) is 28.5 Å². The van der Waals surface area contributed by atoms with Crippen LogP contribution in [-0.2, 0) is 6.54 Å². The lowest BCUT2D eigenvalue weighted by molar-refractivity contribution is -0.671. The summed E-state index contributed by atoms with van der Waals surface area (Å²) in [5, 5.41) is 0. The number of hydrogen-bond acceptors (Lipinski definition) is 2. The highest BCUT2D eigenvalue weighted by atomic mass is 15.3. The van der Waals surface area contributed by atoms with E-state index < -0.39 is 0 Å². The predicted molar refractivity (Wildman–Crippen MR) is 118 cm³/mol. The van der Waals surface area contributed by atoms with Gasteiger partial charge in [0.25, 0.3) is 0 Å². The fourth-order valence-corrected chi connectivity index (χ4v) is 5.47. The Hall–Kier alpha value is -3.53. The molecule has 0 saturated heterocycles. The van der Waals surface area contributed by atoms with E-state index in [4.69, 9.17) is 0 Å². The van der Waals surface area contributed by atoms with Crippen molar-refractivity contribution in [3.63, 3.8) is 0 Å². The van der Waals surface area contributed by atoms with Gasteiger partial charge in [0.15, 0.2) is 12.7 Å². The van der Waals surface area contributed by atoms with Crippen LogP contribution in [-0.4, -0.2) is 6.98 Å². The highest BCUT2D eigenvalue weighted by Gasteiger charge is 2.52. The molecule has 0 spiro atoms. The van der Waals surface area contributed by atoms with Crippen LogP contribution in [0, 0.1) is 6.92 Å². The summed E-state index contributed by atoms with van der Waals surface area (Å²) in [6, 6.07) is 28.7. The number of aromatic nitrogens is 1. The summed E-state index contributed by atoms with van der Waals surface area (Å²) >= 11 is 0. The molecule has 136 valence electrons. The number of anilines is 4. The topological polar surface area (TPSA) is 10.4 Å². The van der Waals surface area contributed by atoms with Crippen LogP contribution in [0.15, 0.2) is 85.1 Å². The Morgan fingerprint density at radius 3 is 2.38 bits per heavy atom. The minimum absolute atomic E-state index is 0.122. The molecule has 3 aliphatic heterocycles. The van der Waals surface area contributed by atoms with Crippen molar-refractivity contribution in [2.24, 2.45) is 0 Å².